The molecule has 20 heavy (non-hydrogen) atoms. The van der Waals surface area contributed by atoms with Crippen LogP contribution in [0.2, 0.25) is 5.02 Å². The molecule has 8 heteroatoms. The zero-order chi connectivity index (χ0) is 15.1. The van der Waals surface area contributed by atoms with Crippen LogP contribution in [0, 0.1) is 11.3 Å². The number of carbonyl (C=O) groups is 2. The smallest absolute Gasteiger partial charge is 0.328 e. The number of rotatable bonds is 5. The van der Waals surface area contributed by atoms with E-state index in [1.54, 1.807) is 0 Å². The molecular weight excluding hydrogens is 286 g/mol. The summed E-state index contributed by atoms with van der Waals surface area (Å²) in [7, 11) is 1.32. The molecule has 0 fully saturated rings. The number of amides is 2. The number of ether oxygens (including phenoxy) is 1. The lowest BCUT2D eigenvalue weighted by molar-refractivity contribution is -0.140. The highest BCUT2D eigenvalue weighted by molar-refractivity contribution is 6.31. The van der Waals surface area contributed by atoms with Crippen molar-refractivity contribution in [1.29, 1.82) is 5.26 Å². The molecule has 0 bridgehead atoms. The van der Waals surface area contributed by atoms with E-state index in [1.807, 2.05) is 6.07 Å². The van der Waals surface area contributed by atoms with Gasteiger partial charge in [-0.3, -0.25) is 0 Å². The molecule has 7 nitrogen and oxygen atoms in total. The summed E-state index contributed by atoms with van der Waals surface area (Å²) in [5.74, 6) is -1.23. The number of methoxy groups -OCH3 is 1. The van der Waals surface area contributed by atoms with Gasteiger partial charge in [0.1, 0.15) is 6.07 Å². The monoisotopic (exact) mass is 297 g/mol. The number of halogens is 1. The van der Waals surface area contributed by atoms with Gasteiger partial charge in [-0.1, -0.05) is 11.6 Å². The Bertz CT molecular complexity index is 556. The van der Waals surface area contributed by atoms with Gasteiger partial charge in [0.15, 0.2) is 6.04 Å². The third-order valence-electron chi connectivity index (χ3n) is 2.29. The molecule has 1 rings (SSSR count). The lowest BCUT2D eigenvalue weighted by Crippen LogP contribution is -2.45. The number of nitriles is 1. The maximum Gasteiger partial charge on any atom is 0.328 e. The van der Waals surface area contributed by atoms with Gasteiger partial charge < -0.3 is 20.5 Å². The van der Waals surface area contributed by atoms with Gasteiger partial charge in [0.05, 0.1) is 17.9 Å². The number of carboxylic acids is 1. The third-order valence-corrected chi connectivity index (χ3v) is 2.52. The first-order valence-corrected chi connectivity index (χ1v) is 5.84. The summed E-state index contributed by atoms with van der Waals surface area (Å²) in [6.07, 6.45) is 0. The number of urea groups is 1. The number of nitrogens with zero attached hydrogens (tertiary/aromatic N) is 1. The first-order chi connectivity index (χ1) is 9.47. The Morgan fingerprint density at radius 1 is 1.55 bits per heavy atom. The molecule has 0 saturated carbocycles. The van der Waals surface area contributed by atoms with E-state index in [4.69, 9.17) is 22.0 Å². The Kier molecular flexibility index (Phi) is 5.77. The topological polar surface area (TPSA) is 111 Å². The molecule has 0 aliphatic rings. The number of hydrogen-bond acceptors (Lipinski definition) is 4. The maximum absolute atomic E-state index is 11.7. The van der Waals surface area contributed by atoms with Crippen LogP contribution >= 0.6 is 11.6 Å². The molecular formula is C12H12ClN3O4. The Balaban J connectivity index is 2.78. The Morgan fingerprint density at radius 3 is 2.80 bits per heavy atom. The molecule has 1 unspecified atom stereocenters. The molecule has 2 amide bonds. The van der Waals surface area contributed by atoms with Crippen molar-refractivity contribution in [2.24, 2.45) is 0 Å². The highest BCUT2D eigenvalue weighted by atomic mass is 35.5. The Labute approximate surface area is 120 Å². The minimum Gasteiger partial charge on any atom is -0.480 e. The predicted octanol–water partition coefficient (Wildman–Crippen LogP) is 1.43. The SMILES string of the molecule is COCC(NC(=O)Nc1cc(Cl)ccc1C#N)C(=O)O. The largest absolute Gasteiger partial charge is 0.480 e. The van der Waals surface area contributed by atoms with Crippen molar-refractivity contribution in [3.05, 3.63) is 28.8 Å². The van der Waals surface area contributed by atoms with E-state index in [-0.39, 0.29) is 17.9 Å². The van der Waals surface area contributed by atoms with Crippen molar-refractivity contribution in [2.45, 2.75) is 6.04 Å². The van der Waals surface area contributed by atoms with E-state index in [2.05, 4.69) is 15.4 Å². The molecule has 0 spiro atoms. The predicted molar refractivity (Wildman–Crippen MR) is 71.6 cm³/mol. The van der Waals surface area contributed by atoms with E-state index in [0.29, 0.717) is 5.02 Å². The molecule has 0 aromatic heterocycles. The number of carboxylic acid groups (broad SMARTS) is 1. The van der Waals surface area contributed by atoms with E-state index in [9.17, 15) is 9.59 Å². The zero-order valence-electron chi connectivity index (χ0n) is 10.5. The first kappa shape index (κ1) is 15.8. The van der Waals surface area contributed by atoms with Crippen molar-refractivity contribution >= 4 is 29.3 Å². The summed E-state index contributed by atoms with van der Waals surface area (Å²) in [5.41, 5.74) is 0.405. The fourth-order valence-electron chi connectivity index (χ4n) is 1.38. The minimum atomic E-state index is -1.23. The second-order valence-corrected chi connectivity index (χ2v) is 4.18. The Hall–Kier alpha value is -2.30. The average molecular weight is 298 g/mol. The van der Waals surface area contributed by atoms with E-state index < -0.39 is 18.0 Å². The quantitative estimate of drug-likeness (QED) is 0.761. The van der Waals surface area contributed by atoms with Crippen LogP contribution in [-0.2, 0) is 9.53 Å². The van der Waals surface area contributed by atoms with Crippen LogP contribution in [0.15, 0.2) is 18.2 Å². The van der Waals surface area contributed by atoms with Crippen molar-refractivity contribution in [3.8, 4) is 6.07 Å². The summed E-state index contributed by atoms with van der Waals surface area (Å²) in [5, 5.41) is 22.7. The lowest BCUT2D eigenvalue weighted by Gasteiger charge is -2.14. The second kappa shape index (κ2) is 7.33. The maximum atomic E-state index is 11.7. The number of nitrogens with one attached hydrogen (secondary N) is 2. The number of carbonyl (C=O) groups excluding carboxylic acids is 1. The van der Waals surface area contributed by atoms with E-state index in [1.165, 1.54) is 25.3 Å². The fraction of sp³-hybridized carbons (Fsp3) is 0.250. The number of benzene rings is 1. The summed E-state index contributed by atoms with van der Waals surface area (Å²) in [6.45, 7) is -0.177. The zero-order valence-corrected chi connectivity index (χ0v) is 11.3. The summed E-state index contributed by atoms with van der Waals surface area (Å²) < 4.78 is 4.68. The van der Waals surface area contributed by atoms with Gasteiger partial charge in [-0.05, 0) is 18.2 Å². The third kappa shape index (κ3) is 4.42. The minimum absolute atomic E-state index is 0.177. The molecule has 0 aliphatic carbocycles. The Morgan fingerprint density at radius 2 is 2.25 bits per heavy atom. The van der Waals surface area contributed by atoms with E-state index in [0.717, 1.165) is 0 Å². The molecule has 0 heterocycles. The van der Waals surface area contributed by atoms with Crippen LogP contribution in [0.1, 0.15) is 5.56 Å². The standard InChI is InChI=1S/C12H12ClN3O4/c1-20-6-10(11(17)18)16-12(19)15-9-4-8(13)3-2-7(9)5-14/h2-4,10H,6H2,1H3,(H,17,18)(H2,15,16,19). The van der Waals surface area contributed by atoms with Crippen LogP contribution in [0.3, 0.4) is 0 Å². The normalized spacial score (nSPS) is 11.2. The molecule has 1 aromatic rings. The van der Waals surface area contributed by atoms with Gasteiger partial charge in [0.2, 0.25) is 0 Å². The molecule has 0 radical (unpaired) electrons. The average Bonchev–Trinajstić information content (AvgIpc) is 2.38. The van der Waals surface area contributed by atoms with Crippen LogP contribution in [-0.4, -0.2) is 36.9 Å². The van der Waals surface area contributed by atoms with Crippen LogP contribution in [0.25, 0.3) is 0 Å². The number of anilines is 1. The van der Waals surface area contributed by atoms with Crippen LogP contribution in [0.5, 0.6) is 0 Å². The number of hydrogen-bond donors (Lipinski definition) is 3. The molecule has 106 valence electrons. The van der Waals surface area contributed by atoms with Gasteiger partial charge in [-0.2, -0.15) is 5.26 Å². The molecule has 3 N–H and O–H groups in total. The molecule has 0 aliphatic heterocycles. The van der Waals surface area contributed by atoms with Crippen molar-refractivity contribution in [1.82, 2.24) is 5.32 Å². The lowest BCUT2D eigenvalue weighted by atomic mass is 10.2. The summed E-state index contributed by atoms with van der Waals surface area (Å²) in [4.78, 5) is 22.5. The number of aliphatic carboxylic acids is 1. The fourth-order valence-corrected chi connectivity index (χ4v) is 1.55. The van der Waals surface area contributed by atoms with Gasteiger partial charge in [-0.15, -0.1) is 0 Å². The van der Waals surface area contributed by atoms with E-state index >= 15 is 0 Å². The summed E-state index contributed by atoms with van der Waals surface area (Å²) in [6, 6.07) is 4.28. The highest BCUT2D eigenvalue weighted by Gasteiger charge is 2.20. The second-order valence-electron chi connectivity index (χ2n) is 3.75. The highest BCUT2D eigenvalue weighted by Crippen LogP contribution is 2.20. The van der Waals surface area contributed by atoms with Gasteiger partial charge in [0.25, 0.3) is 0 Å². The van der Waals surface area contributed by atoms with Crippen molar-refractivity contribution < 1.29 is 19.4 Å². The first-order valence-electron chi connectivity index (χ1n) is 5.46. The molecule has 0 saturated heterocycles. The van der Waals surface area contributed by atoms with Gasteiger partial charge in [0, 0.05) is 12.1 Å². The summed E-state index contributed by atoms with van der Waals surface area (Å²) >= 11 is 5.77. The van der Waals surface area contributed by atoms with Crippen molar-refractivity contribution in [2.75, 3.05) is 19.0 Å². The van der Waals surface area contributed by atoms with Crippen LogP contribution < -0.4 is 10.6 Å². The van der Waals surface area contributed by atoms with Gasteiger partial charge in [-0.25, -0.2) is 9.59 Å². The van der Waals surface area contributed by atoms with Crippen LogP contribution in [0.4, 0.5) is 10.5 Å². The van der Waals surface area contributed by atoms with Crippen molar-refractivity contribution in [3.63, 3.8) is 0 Å². The molecule has 1 aromatic carbocycles. The molecule has 1 atom stereocenters. The van der Waals surface area contributed by atoms with Gasteiger partial charge >= 0.3 is 12.0 Å².